The minimum Gasteiger partial charge on any atom is -0.486 e. The maximum Gasteiger partial charge on any atom is 0.251 e. The zero-order valence-corrected chi connectivity index (χ0v) is 25.8. The molecule has 0 unspecified atom stereocenters. The van der Waals surface area contributed by atoms with Crippen LogP contribution in [-0.2, 0) is 11.4 Å². The fraction of sp³-hybridized carbons (Fsp3) is 0.344. The third-order valence-electron chi connectivity index (χ3n) is 7.19. The van der Waals surface area contributed by atoms with Gasteiger partial charge in [-0.2, -0.15) is 0 Å². The second-order valence-electron chi connectivity index (χ2n) is 10.2. The summed E-state index contributed by atoms with van der Waals surface area (Å²) in [6.07, 6.45) is 10.7. The molecule has 41 heavy (non-hydrogen) atoms. The molecule has 0 saturated carbocycles. The van der Waals surface area contributed by atoms with Crippen molar-refractivity contribution in [3.05, 3.63) is 82.6 Å². The quantitative estimate of drug-likeness (QED) is 0.121. The molecule has 1 amide bonds. The van der Waals surface area contributed by atoms with Crippen LogP contribution in [0.15, 0.2) is 76.9 Å². The molecule has 0 aliphatic carbocycles. The van der Waals surface area contributed by atoms with Crippen LogP contribution in [0.5, 0.6) is 5.75 Å². The first kappa shape index (κ1) is 29.2. The molecule has 1 fully saturated rings. The Kier molecular flexibility index (Phi) is 10.4. The van der Waals surface area contributed by atoms with E-state index in [1.54, 1.807) is 17.5 Å². The smallest absolute Gasteiger partial charge is 0.251 e. The van der Waals surface area contributed by atoms with Crippen molar-refractivity contribution >= 4 is 59.9 Å². The molecule has 0 spiro atoms. The van der Waals surface area contributed by atoms with Gasteiger partial charge in [0.2, 0.25) is 0 Å². The summed E-state index contributed by atoms with van der Waals surface area (Å²) in [5.41, 5.74) is 4.27. The van der Waals surface area contributed by atoms with E-state index in [1.807, 2.05) is 67.6 Å². The maximum absolute atomic E-state index is 13.0. The summed E-state index contributed by atoms with van der Waals surface area (Å²) in [6, 6.07) is 17.5. The summed E-state index contributed by atoms with van der Waals surface area (Å²) in [7, 11) is 0. The Bertz CT molecular complexity index is 1480. The number of thiazole rings is 1. The van der Waals surface area contributed by atoms with Gasteiger partial charge in [0, 0.05) is 23.1 Å². The first-order valence-corrected chi connectivity index (χ1v) is 15.9. The number of amides is 1. The number of rotatable bonds is 12. The van der Waals surface area contributed by atoms with Crippen LogP contribution in [0.3, 0.4) is 0 Å². The number of ether oxygens (including phenoxy) is 1. The molecule has 9 heteroatoms. The zero-order chi connectivity index (χ0) is 28.4. The Labute approximate surface area is 254 Å². The van der Waals surface area contributed by atoms with Gasteiger partial charge in [0.1, 0.15) is 12.4 Å². The average Bonchev–Trinajstić information content (AvgIpc) is 3.39. The lowest BCUT2D eigenvalue weighted by Gasteiger charge is -2.26. The van der Waals surface area contributed by atoms with Gasteiger partial charge in [-0.1, -0.05) is 29.9 Å². The lowest BCUT2D eigenvalue weighted by atomic mass is 10.1. The van der Waals surface area contributed by atoms with Crippen LogP contribution >= 0.6 is 27.3 Å². The van der Waals surface area contributed by atoms with Gasteiger partial charge in [0.25, 0.3) is 5.91 Å². The van der Waals surface area contributed by atoms with Gasteiger partial charge in [-0.25, -0.2) is 4.98 Å². The summed E-state index contributed by atoms with van der Waals surface area (Å²) in [4.78, 5) is 24.5. The standard InChI is InChI=1S/C32H36BrN5O2S/c1-2-23(10-5-9-19-38-17-7-3-8-18-38)31(39)35-25-12-14-28-30(21-25)41-32(37-28)36-24-13-15-29(27(33)20-24)40-22-26-11-4-6-16-34-26/h2,4,6,11-16,20-21H,3,5,7-10,17-19,22H2,1H3,(H,35,39)(H,36,37). The minimum absolute atomic E-state index is 0.0251. The molecular weight excluding hydrogens is 598 g/mol. The highest BCUT2D eigenvalue weighted by Crippen LogP contribution is 2.33. The lowest BCUT2D eigenvalue weighted by Crippen LogP contribution is -2.30. The van der Waals surface area contributed by atoms with Crippen LogP contribution in [0.1, 0.15) is 51.1 Å². The number of pyridine rings is 1. The van der Waals surface area contributed by atoms with Gasteiger partial charge in [-0.05, 0) is 123 Å². The Hall–Kier alpha value is -3.27. The molecule has 5 rings (SSSR count). The molecule has 0 atom stereocenters. The van der Waals surface area contributed by atoms with Crippen LogP contribution in [0.2, 0.25) is 0 Å². The molecule has 2 N–H and O–H groups in total. The van der Waals surface area contributed by atoms with Gasteiger partial charge >= 0.3 is 0 Å². The van der Waals surface area contributed by atoms with Gasteiger partial charge in [-0.3, -0.25) is 9.78 Å². The molecule has 1 aliphatic heterocycles. The van der Waals surface area contributed by atoms with E-state index in [4.69, 9.17) is 9.72 Å². The number of hydrogen-bond donors (Lipinski definition) is 2. The number of likely N-dealkylation sites (tertiary alicyclic amines) is 1. The minimum atomic E-state index is -0.0251. The van der Waals surface area contributed by atoms with E-state index in [9.17, 15) is 4.79 Å². The third kappa shape index (κ3) is 8.38. The van der Waals surface area contributed by atoms with Crippen molar-refractivity contribution in [2.45, 2.75) is 52.1 Å². The van der Waals surface area contributed by atoms with E-state index in [1.165, 1.54) is 32.4 Å². The van der Waals surface area contributed by atoms with Crippen molar-refractivity contribution in [1.29, 1.82) is 0 Å². The topological polar surface area (TPSA) is 79.4 Å². The Morgan fingerprint density at radius 1 is 1.07 bits per heavy atom. The molecule has 7 nitrogen and oxygen atoms in total. The van der Waals surface area contributed by atoms with E-state index in [-0.39, 0.29) is 5.91 Å². The monoisotopic (exact) mass is 633 g/mol. The van der Waals surface area contributed by atoms with Crippen molar-refractivity contribution < 1.29 is 9.53 Å². The van der Waals surface area contributed by atoms with Crippen LogP contribution in [-0.4, -0.2) is 40.4 Å². The highest BCUT2D eigenvalue weighted by atomic mass is 79.9. The van der Waals surface area contributed by atoms with E-state index in [0.717, 1.165) is 74.0 Å². The number of benzene rings is 2. The number of anilines is 3. The number of aromatic nitrogens is 2. The number of fused-ring (bicyclic) bond motifs is 1. The fourth-order valence-corrected chi connectivity index (χ4v) is 6.36. The number of nitrogens with zero attached hydrogens (tertiary/aromatic N) is 3. The predicted molar refractivity (Wildman–Crippen MR) is 172 cm³/mol. The summed E-state index contributed by atoms with van der Waals surface area (Å²) in [5.74, 6) is 0.719. The summed E-state index contributed by atoms with van der Waals surface area (Å²) < 4.78 is 7.75. The number of carbonyl (C=O) groups excluding carboxylic acids is 1. The highest BCUT2D eigenvalue weighted by molar-refractivity contribution is 9.10. The van der Waals surface area contributed by atoms with Crippen LogP contribution in [0.25, 0.3) is 10.2 Å². The molecule has 2 aromatic heterocycles. The summed E-state index contributed by atoms with van der Waals surface area (Å²) in [6.45, 7) is 5.93. The van der Waals surface area contributed by atoms with Crippen LogP contribution < -0.4 is 15.4 Å². The van der Waals surface area contributed by atoms with Crippen molar-refractivity contribution in [1.82, 2.24) is 14.9 Å². The van der Waals surface area contributed by atoms with Crippen LogP contribution in [0.4, 0.5) is 16.5 Å². The summed E-state index contributed by atoms with van der Waals surface area (Å²) >= 11 is 5.15. The molecule has 3 heterocycles. The number of halogens is 1. The average molecular weight is 635 g/mol. The SMILES string of the molecule is CC=C(CCCCN1CCCCC1)C(=O)Nc1ccc2nc(Nc3ccc(OCc4ccccn4)c(Br)c3)sc2c1. The van der Waals surface area contributed by atoms with Crippen molar-refractivity contribution in [3.63, 3.8) is 0 Å². The first-order valence-electron chi connectivity index (χ1n) is 14.3. The molecule has 4 aromatic rings. The van der Waals surface area contributed by atoms with Crippen molar-refractivity contribution in [3.8, 4) is 5.75 Å². The molecule has 0 bridgehead atoms. The second-order valence-corrected chi connectivity index (χ2v) is 12.1. The normalized spacial score (nSPS) is 14.2. The third-order valence-corrected chi connectivity index (χ3v) is 8.74. The largest absolute Gasteiger partial charge is 0.486 e. The zero-order valence-electron chi connectivity index (χ0n) is 23.4. The summed E-state index contributed by atoms with van der Waals surface area (Å²) in [5, 5.41) is 7.25. The van der Waals surface area contributed by atoms with E-state index >= 15 is 0 Å². The highest BCUT2D eigenvalue weighted by Gasteiger charge is 2.13. The molecule has 1 saturated heterocycles. The number of piperidine rings is 1. The van der Waals surface area contributed by atoms with Gasteiger partial charge < -0.3 is 20.3 Å². The number of allylic oxidation sites excluding steroid dienone is 1. The number of unbranched alkanes of at least 4 members (excludes halogenated alkanes) is 1. The Morgan fingerprint density at radius 3 is 2.71 bits per heavy atom. The van der Waals surface area contributed by atoms with Crippen LogP contribution in [0, 0.1) is 0 Å². The van der Waals surface area contributed by atoms with Crippen molar-refractivity contribution in [2.75, 3.05) is 30.3 Å². The molecule has 0 radical (unpaired) electrons. The fourth-order valence-electron chi connectivity index (χ4n) is 4.94. The molecule has 214 valence electrons. The predicted octanol–water partition coefficient (Wildman–Crippen LogP) is 8.32. The van der Waals surface area contributed by atoms with E-state index in [2.05, 4.69) is 36.4 Å². The Balaban J connectivity index is 1.14. The molecular formula is C32H36BrN5O2S. The molecule has 1 aliphatic rings. The number of hydrogen-bond acceptors (Lipinski definition) is 7. The van der Waals surface area contributed by atoms with Crippen molar-refractivity contribution in [2.24, 2.45) is 0 Å². The first-order chi connectivity index (χ1) is 20.1. The number of carbonyl (C=O) groups is 1. The van der Waals surface area contributed by atoms with Gasteiger partial charge in [-0.15, -0.1) is 0 Å². The Morgan fingerprint density at radius 2 is 1.93 bits per heavy atom. The maximum atomic E-state index is 13.0. The van der Waals surface area contributed by atoms with Gasteiger partial charge in [0.15, 0.2) is 5.13 Å². The van der Waals surface area contributed by atoms with E-state index < -0.39 is 0 Å². The number of nitrogens with one attached hydrogen (secondary N) is 2. The molecule has 2 aromatic carbocycles. The van der Waals surface area contributed by atoms with Gasteiger partial charge in [0.05, 0.1) is 20.4 Å². The lowest BCUT2D eigenvalue weighted by molar-refractivity contribution is -0.113. The van der Waals surface area contributed by atoms with E-state index in [0.29, 0.717) is 6.61 Å². The second kappa shape index (κ2) is 14.6.